The average molecular weight is 341 g/mol. The quantitative estimate of drug-likeness (QED) is 0.828. The molecule has 0 saturated heterocycles. The number of hydrogen-bond donors (Lipinski definition) is 2. The smallest absolute Gasteiger partial charge is 0.175 e. The standard InChI is InChI=1S/C19H23N3O3/c1-9-13(16(20)22-25-9)11-8-12-14(10-6-7-24-15(10)11)21-19(4,5)17(23)18(12,2)3/h8,21H,6-7H2,1-5H3,(H2,20,22). The number of anilines is 2. The minimum absolute atomic E-state index is 0.160. The molecule has 3 N–H and O–H groups in total. The summed E-state index contributed by atoms with van der Waals surface area (Å²) in [5.41, 5.74) is 9.47. The molecule has 0 aliphatic carbocycles. The molecule has 1 aromatic heterocycles. The lowest BCUT2D eigenvalue weighted by atomic mass is 9.68. The van der Waals surface area contributed by atoms with Crippen molar-refractivity contribution in [2.75, 3.05) is 17.7 Å². The molecule has 6 heteroatoms. The maximum atomic E-state index is 13.0. The number of Topliss-reactive ketones (excluding diaryl/α,β-unsaturated/α-hetero) is 1. The lowest BCUT2D eigenvalue weighted by molar-refractivity contribution is -0.127. The highest BCUT2D eigenvalue weighted by atomic mass is 16.5. The molecule has 0 spiro atoms. The van der Waals surface area contributed by atoms with Crippen LogP contribution in [0.15, 0.2) is 10.6 Å². The molecule has 2 aliphatic heterocycles. The minimum atomic E-state index is -0.624. The number of nitrogen functional groups attached to an aromatic ring is 1. The number of carbonyl (C=O) groups excluding carboxylic acids is 1. The van der Waals surface area contributed by atoms with E-state index in [1.54, 1.807) is 0 Å². The SMILES string of the molecule is Cc1onc(N)c1-c1cc2c(c3c1OCC3)NC(C)(C)C(=O)C2(C)C. The Kier molecular flexibility index (Phi) is 3.05. The molecule has 0 radical (unpaired) electrons. The van der Waals surface area contributed by atoms with Gasteiger partial charge in [-0.1, -0.05) is 5.16 Å². The summed E-state index contributed by atoms with van der Waals surface area (Å²) in [5.74, 6) is 1.95. The van der Waals surface area contributed by atoms with E-state index in [1.807, 2.05) is 40.7 Å². The van der Waals surface area contributed by atoms with Crippen molar-refractivity contribution < 1.29 is 14.1 Å². The molecule has 25 heavy (non-hydrogen) atoms. The fraction of sp³-hybridized carbons (Fsp3) is 0.474. The molecule has 0 fully saturated rings. The predicted octanol–water partition coefficient (Wildman–Crippen LogP) is 3.22. The van der Waals surface area contributed by atoms with Gasteiger partial charge in [-0.3, -0.25) is 4.79 Å². The molecule has 4 rings (SSSR count). The monoisotopic (exact) mass is 341 g/mol. The lowest BCUT2D eigenvalue weighted by Crippen LogP contribution is -2.53. The summed E-state index contributed by atoms with van der Waals surface area (Å²) in [6, 6.07) is 2.01. The third kappa shape index (κ3) is 2.03. The first-order chi connectivity index (χ1) is 11.6. The van der Waals surface area contributed by atoms with Crippen LogP contribution in [0.3, 0.4) is 0 Å². The molecular weight excluding hydrogens is 318 g/mol. The van der Waals surface area contributed by atoms with E-state index in [2.05, 4.69) is 10.5 Å². The first kappa shape index (κ1) is 16.0. The van der Waals surface area contributed by atoms with Crippen LogP contribution in [-0.2, 0) is 16.6 Å². The van der Waals surface area contributed by atoms with Gasteiger partial charge in [-0.2, -0.15) is 0 Å². The number of nitrogens with zero attached hydrogens (tertiary/aromatic N) is 1. The maximum Gasteiger partial charge on any atom is 0.175 e. The number of nitrogens with one attached hydrogen (secondary N) is 1. The molecule has 0 amide bonds. The summed E-state index contributed by atoms with van der Waals surface area (Å²) >= 11 is 0. The molecule has 2 aliphatic rings. The zero-order valence-corrected chi connectivity index (χ0v) is 15.2. The lowest BCUT2D eigenvalue weighted by Gasteiger charge is -2.43. The van der Waals surface area contributed by atoms with Gasteiger partial charge < -0.3 is 20.3 Å². The second kappa shape index (κ2) is 4.77. The number of fused-ring (bicyclic) bond motifs is 3. The van der Waals surface area contributed by atoms with Crippen LogP contribution in [0.1, 0.15) is 44.6 Å². The Labute approximate surface area is 146 Å². The highest BCUT2D eigenvalue weighted by Crippen LogP contribution is 2.51. The summed E-state index contributed by atoms with van der Waals surface area (Å²) in [5, 5.41) is 7.31. The van der Waals surface area contributed by atoms with Crippen LogP contribution >= 0.6 is 0 Å². The van der Waals surface area contributed by atoms with Crippen molar-refractivity contribution >= 4 is 17.3 Å². The molecule has 0 bridgehead atoms. The van der Waals surface area contributed by atoms with E-state index in [9.17, 15) is 4.79 Å². The number of aryl methyl sites for hydroxylation is 1. The Morgan fingerprint density at radius 3 is 2.64 bits per heavy atom. The van der Waals surface area contributed by atoms with Crippen molar-refractivity contribution in [3.05, 3.63) is 23.0 Å². The Hall–Kier alpha value is -2.50. The fourth-order valence-electron chi connectivity index (χ4n) is 4.19. The number of carbonyl (C=O) groups is 1. The number of hydrogen-bond acceptors (Lipinski definition) is 6. The van der Waals surface area contributed by atoms with E-state index < -0.39 is 11.0 Å². The van der Waals surface area contributed by atoms with Crippen molar-refractivity contribution in [2.45, 2.75) is 52.0 Å². The van der Waals surface area contributed by atoms with Gasteiger partial charge in [0.05, 0.1) is 23.1 Å². The summed E-state index contributed by atoms with van der Waals surface area (Å²) in [7, 11) is 0. The van der Waals surface area contributed by atoms with Crippen molar-refractivity contribution in [1.29, 1.82) is 0 Å². The number of benzene rings is 1. The summed E-state index contributed by atoms with van der Waals surface area (Å²) < 4.78 is 11.2. The molecule has 0 saturated carbocycles. The minimum Gasteiger partial charge on any atom is -0.492 e. The Bertz CT molecular complexity index is 890. The molecule has 0 atom stereocenters. The van der Waals surface area contributed by atoms with Crippen LogP contribution in [0.4, 0.5) is 11.5 Å². The molecular formula is C19H23N3O3. The molecule has 1 aromatic carbocycles. The zero-order chi connectivity index (χ0) is 18.1. The van der Waals surface area contributed by atoms with Crippen LogP contribution in [0.5, 0.6) is 5.75 Å². The van der Waals surface area contributed by atoms with Crippen LogP contribution in [-0.4, -0.2) is 23.1 Å². The summed E-state index contributed by atoms with van der Waals surface area (Å²) in [6.45, 7) is 10.3. The first-order valence-electron chi connectivity index (χ1n) is 8.53. The van der Waals surface area contributed by atoms with E-state index in [0.29, 0.717) is 18.2 Å². The topological polar surface area (TPSA) is 90.4 Å². The van der Waals surface area contributed by atoms with Gasteiger partial charge in [0.15, 0.2) is 11.6 Å². The van der Waals surface area contributed by atoms with E-state index in [-0.39, 0.29) is 5.78 Å². The van der Waals surface area contributed by atoms with Gasteiger partial charge in [-0.05, 0) is 46.2 Å². The van der Waals surface area contributed by atoms with E-state index in [1.165, 1.54) is 0 Å². The summed E-state index contributed by atoms with van der Waals surface area (Å²) in [4.78, 5) is 13.0. The van der Waals surface area contributed by atoms with E-state index >= 15 is 0 Å². The zero-order valence-electron chi connectivity index (χ0n) is 15.2. The van der Waals surface area contributed by atoms with Crippen LogP contribution < -0.4 is 15.8 Å². The highest BCUT2D eigenvalue weighted by Gasteiger charge is 2.47. The van der Waals surface area contributed by atoms with Gasteiger partial charge in [0, 0.05) is 23.2 Å². The third-order valence-corrected chi connectivity index (χ3v) is 5.38. The van der Waals surface area contributed by atoms with Crippen LogP contribution in [0.2, 0.25) is 0 Å². The number of rotatable bonds is 1. The first-order valence-corrected chi connectivity index (χ1v) is 8.53. The average Bonchev–Trinajstić information content (AvgIpc) is 3.13. The molecule has 2 aromatic rings. The van der Waals surface area contributed by atoms with Gasteiger partial charge in [-0.25, -0.2) is 0 Å². The number of aromatic nitrogens is 1. The van der Waals surface area contributed by atoms with Gasteiger partial charge in [0.25, 0.3) is 0 Å². The van der Waals surface area contributed by atoms with Crippen molar-refractivity contribution in [1.82, 2.24) is 5.16 Å². The second-order valence-electron chi connectivity index (χ2n) is 7.96. The van der Waals surface area contributed by atoms with Crippen molar-refractivity contribution in [3.63, 3.8) is 0 Å². The normalized spacial score (nSPS) is 19.8. The van der Waals surface area contributed by atoms with Gasteiger partial charge in [0.2, 0.25) is 0 Å². The van der Waals surface area contributed by atoms with Crippen molar-refractivity contribution in [3.8, 4) is 16.9 Å². The highest BCUT2D eigenvalue weighted by molar-refractivity contribution is 6.04. The number of ether oxygens (including phenoxy) is 1. The predicted molar refractivity (Wildman–Crippen MR) is 96.0 cm³/mol. The van der Waals surface area contributed by atoms with Crippen molar-refractivity contribution in [2.24, 2.45) is 0 Å². The molecule has 132 valence electrons. The Morgan fingerprint density at radius 2 is 2.00 bits per heavy atom. The molecule has 3 heterocycles. The fourth-order valence-corrected chi connectivity index (χ4v) is 4.19. The maximum absolute atomic E-state index is 13.0. The van der Waals surface area contributed by atoms with Crippen LogP contribution in [0, 0.1) is 6.92 Å². The summed E-state index contributed by atoms with van der Waals surface area (Å²) in [6.07, 6.45) is 0.795. The Balaban J connectivity index is 2.06. The number of nitrogens with two attached hydrogens (primary N) is 1. The van der Waals surface area contributed by atoms with Gasteiger partial charge in [-0.15, -0.1) is 0 Å². The largest absolute Gasteiger partial charge is 0.492 e. The number of ketones is 1. The van der Waals surface area contributed by atoms with Gasteiger partial charge in [0.1, 0.15) is 11.5 Å². The van der Waals surface area contributed by atoms with E-state index in [0.717, 1.165) is 40.1 Å². The van der Waals surface area contributed by atoms with Crippen LogP contribution in [0.25, 0.3) is 11.1 Å². The van der Waals surface area contributed by atoms with E-state index in [4.69, 9.17) is 15.0 Å². The Morgan fingerprint density at radius 1 is 1.28 bits per heavy atom. The molecule has 6 nitrogen and oxygen atoms in total. The second-order valence-corrected chi connectivity index (χ2v) is 7.96. The molecule has 0 unspecified atom stereocenters. The third-order valence-electron chi connectivity index (χ3n) is 5.38. The van der Waals surface area contributed by atoms with Gasteiger partial charge >= 0.3 is 0 Å².